The van der Waals surface area contributed by atoms with Crippen LogP contribution in [0.15, 0.2) is 18.2 Å². The highest BCUT2D eigenvalue weighted by molar-refractivity contribution is 6.31. The first kappa shape index (κ1) is 17.6. The van der Waals surface area contributed by atoms with Gasteiger partial charge in [0, 0.05) is 11.1 Å². The van der Waals surface area contributed by atoms with Gasteiger partial charge in [0.2, 0.25) is 0 Å². The Morgan fingerprint density at radius 1 is 1.35 bits per heavy atom. The first-order valence-electron chi connectivity index (χ1n) is 7.88. The predicted molar refractivity (Wildman–Crippen MR) is 87.6 cm³/mol. The van der Waals surface area contributed by atoms with E-state index in [9.17, 15) is 14.7 Å². The van der Waals surface area contributed by atoms with Crippen LogP contribution in [0, 0.1) is 5.92 Å². The molecule has 0 spiro atoms. The Morgan fingerprint density at radius 2 is 2.04 bits per heavy atom. The van der Waals surface area contributed by atoms with Crippen molar-refractivity contribution in [3.05, 3.63) is 28.8 Å². The Labute approximate surface area is 141 Å². The summed E-state index contributed by atoms with van der Waals surface area (Å²) in [7, 11) is 0. The van der Waals surface area contributed by atoms with Crippen LogP contribution in [-0.4, -0.2) is 29.1 Å². The first-order valence-corrected chi connectivity index (χ1v) is 8.26. The van der Waals surface area contributed by atoms with Gasteiger partial charge in [-0.2, -0.15) is 0 Å². The molecule has 2 rings (SSSR count). The fourth-order valence-electron chi connectivity index (χ4n) is 2.78. The number of carbonyl (C=O) groups excluding carboxylic acids is 2. The van der Waals surface area contributed by atoms with Crippen LogP contribution in [0.4, 0.5) is 0 Å². The number of halogens is 1. The third kappa shape index (κ3) is 4.61. The largest absolute Gasteiger partial charge is 0.507 e. The van der Waals surface area contributed by atoms with Crippen LogP contribution in [-0.2, 0) is 9.53 Å². The zero-order valence-corrected chi connectivity index (χ0v) is 14.1. The maximum Gasteiger partial charge on any atom is 0.342 e. The number of phenols is 1. The van der Waals surface area contributed by atoms with Crippen molar-refractivity contribution in [1.82, 2.24) is 5.32 Å². The number of hydrogen-bond donors (Lipinski definition) is 2. The minimum absolute atomic E-state index is 0.0526. The number of carbonyl (C=O) groups is 2. The molecule has 3 atom stereocenters. The molecule has 0 unspecified atom stereocenters. The van der Waals surface area contributed by atoms with E-state index in [2.05, 4.69) is 12.2 Å². The van der Waals surface area contributed by atoms with E-state index in [1.54, 1.807) is 0 Å². The molecule has 23 heavy (non-hydrogen) atoms. The molecule has 5 nitrogen and oxygen atoms in total. The lowest BCUT2D eigenvalue weighted by atomic mass is 9.86. The standard InChI is InChI=1S/C17H22ClNO4/c1-10-5-3-4-6-14(10)19-16(21)11(2)23-17(22)13-9-12(18)7-8-15(13)20/h7-11,14,20H,3-6H2,1-2H3,(H,19,21)/t10-,11-,14+/m1/s1. The molecule has 0 aliphatic heterocycles. The highest BCUT2D eigenvalue weighted by Gasteiger charge is 2.27. The normalized spacial score (nSPS) is 22.2. The monoisotopic (exact) mass is 339 g/mol. The summed E-state index contributed by atoms with van der Waals surface area (Å²) in [6.07, 6.45) is 3.39. The molecule has 1 aromatic rings. The predicted octanol–water partition coefficient (Wildman–Crippen LogP) is 3.29. The molecule has 126 valence electrons. The van der Waals surface area contributed by atoms with Crippen molar-refractivity contribution in [3.8, 4) is 5.75 Å². The van der Waals surface area contributed by atoms with E-state index in [1.165, 1.54) is 31.5 Å². The van der Waals surface area contributed by atoms with Crippen LogP contribution in [0.2, 0.25) is 5.02 Å². The number of hydrogen-bond acceptors (Lipinski definition) is 4. The van der Waals surface area contributed by atoms with Crippen molar-refractivity contribution in [2.75, 3.05) is 0 Å². The average Bonchev–Trinajstić information content (AvgIpc) is 2.51. The molecule has 1 aliphatic carbocycles. The van der Waals surface area contributed by atoms with E-state index in [0.29, 0.717) is 10.9 Å². The summed E-state index contributed by atoms with van der Waals surface area (Å²) in [5, 5.41) is 12.9. The summed E-state index contributed by atoms with van der Waals surface area (Å²) < 4.78 is 5.14. The molecule has 0 heterocycles. The van der Waals surface area contributed by atoms with Gasteiger partial charge in [-0.05, 0) is 43.9 Å². The SMILES string of the molecule is C[C@@H]1CCCC[C@@H]1NC(=O)[C@@H](C)OC(=O)c1cc(Cl)ccc1O. The van der Waals surface area contributed by atoms with Gasteiger partial charge in [0.1, 0.15) is 11.3 Å². The fourth-order valence-corrected chi connectivity index (χ4v) is 2.95. The Hall–Kier alpha value is -1.75. The number of phenolic OH excluding ortho intramolecular Hbond substituents is 1. The van der Waals surface area contributed by atoms with Crippen LogP contribution in [0.1, 0.15) is 49.9 Å². The molecule has 0 aromatic heterocycles. The minimum atomic E-state index is -0.935. The summed E-state index contributed by atoms with van der Waals surface area (Å²) in [6.45, 7) is 3.63. The van der Waals surface area contributed by atoms with E-state index in [4.69, 9.17) is 16.3 Å². The Balaban J connectivity index is 1.94. The number of nitrogens with one attached hydrogen (secondary N) is 1. The Bertz CT molecular complexity index is 590. The second-order valence-electron chi connectivity index (χ2n) is 6.09. The van der Waals surface area contributed by atoms with Gasteiger partial charge in [-0.25, -0.2) is 4.79 Å². The summed E-state index contributed by atoms with van der Waals surface area (Å²) in [4.78, 5) is 24.3. The number of aromatic hydroxyl groups is 1. The quantitative estimate of drug-likeness (QED) is 0.825. The van der Waals surface area contributed by atoms with Gasteiger partial charge in [-0.15, -0.1) is 0 Å². The van der Waals surface area contributed by atoms with E-state index in [1.807, 2.05) is 0 Å². The molecule has 2 N–H and O–H groups in total. The zero-order chi connectivity index (χ0) is 17.0. The zero-order valence-electron chi connectivity index (χ0n) is 13.3. The van der Waals surface area contributed by atoms with E-state index >= 15 is 0 Å². The van der Waals surface area contributed by atoms with Gasteiger partial charge in [-0.1, -0.05) is 31.4 Å². The van der Waals surface area contributed by atoms with Gasteiger partial charge < -0.3 is 15.2 Å². The number of amides is 1. The van der Waals surface area contributed by atoms with Gasteiger partial charge in [0.25, 0.3) is 5.91 Å². The van der Waals surface area contributed by atoms with Gasteiger partial charge in [-0.3, -0.25) is 4.79 Å². The number of ether oxygens (including phenoxy) is 1. The summed E-state index contributed by atoms with van der Waals surface area (Å²) in [5.74, 6) is -0.900. The van der Waals surface area contributed by atoms with Crippen LogP contribution in [0.5, 0.6) is 5.75 Å². The fraction of sp³-hybridized carbons (Fsp3) is 0.529. The number of benzene rings is 1. The van der Waals surface area contributed by atoms with Gasteiger partial charge in [0.05, 0.1) is 0 Å². The molecule has 1 amide bonds. The van der Waals surface area contributed by atoms with Crippen molar-refractivity contribution in [2.45, 2.75) is 51.7 Å². The number of rotatable bonds is 4. The lowest BCUT2D eigenvalue weighted by Crippen LogP contribution is -2.45. The van der Waals surface area contributed by atoms with E-state index in [-0.39, 0.29) is 23.3 Å². The van der Waals surface area contributed by atoms with Crippen molar-refractivity contribution < 1.29 is 19.4 Å². The molecule has 1 saturated carbocycles. The average molecular weight is 340 g/mol. The highest BCUT2D eigenvalue weighted by Crippen LogP contribution is 2.24. The van der Waals surface area contributed by atoms with Crippen molar-refractivity contribution in [2.24, 2.45) is 5.92 Å². The Morgan fingerprint density at radius 3 is 2.74 bits per heavy atom. The Kier molecular flexibility index (Phi) is 5.88. The number of esters is 1. The maximum absolute atomic E-state index is 12.2. The third-order valence-corrected chi connectivity index (χ3v) is 4.51. The van der Waals surface area contributed by atoms with Crippen LogP contribution in [0.25, 0.3) is 0 Å². The van der Waals surface area contributed by atoms with Crippen molar-refractivity contribution in [3.63, 3.8) is 0 Å². The van der Waals surface area contributed by atoms with E-state index < -0.39 is 12.1 Å². The molecule has 1 aromatic carbocycles. The van der Waals surface area contributed by atoms with Gasteiger partial charge >= 0.3 is 5.97 Å². The molecule has 1 aliphatic rings. The molecule has 0 radical (unpaired) electrons. The van der Waals surface area contributed by atoms with Crippen molar-refractivity contribution in [1.29, 1.82) is 0 Å². The lowest BCUT2D eigenvalue weighted by molar-refractivity contribution is -0.130. The first-order chi connectivity index (χ1) is 10.9. The second-order valence-corrected chi connectivity index (χ2v) is 6.52. The smallest absolute Gasteiger partial charge is 0.342 e. The maximum atomic E-state index is 12.2. The van der Waals surface area contributed by atoms with Crippen LogP contribution >= 0.6 is 11.6 Å². The summed E-state index contributed by atoms with van der Waals surface area (Å²) in [6, 6.07) is 4.21. The molecule has 6 heteroatoms. The molecular formula is C17H22ClNO4. The molecular weight excluding hydrogens is 318 g/mol. The lowest BCUT2D eigenvalue weighted by Gasteiger charge is -2.30. The van der Waals surface area contributed by atoms with Gasteiger partial charge in [0.15, 0.2) is 6.10 Å². The third-order valence-electron chi connectivity index (χ3n) is 4.27. The minimum Gasteiger partial charge on any atom is -0.507 e. The highest BCUT2D eigenvalue weighted by atomic mass is 35.5. The summed E-state index contributed by atoms with van der Waals surface area (Å²) >= 11 is 5.81. The summed E-state index contributed by atoms with van der Waals surface area (Å²) in [5.41, 5.74) is -0.0526. The molecule has 0 saturated heterocycles. The van der Waals surface area contributed by atoms with Crippen molar-refractivity contribution >= 4 is 23.5 Å². The second kappa shape index (κ2) is 7.68. The molecule has 1 fully saturated rings. The van der Waals surface area contributed by atoms with E-state index in [0.717, 1.165) is 19.3 Å². The molecule has 0 bridgehead atoms. The topological polar surface area (TPSA) is 75.6 Å². The van der Waals surface area contributed by atoms with Crippen LogP contribution in [0.3, 0.4) is 0 Å². The van der Waals surface area contributed by atoms with Crippen LogP contribution < -0.4 is 5.32 Å².